The van der Waals surface area contributed by atoms with Crippen molar-refractivity contribution in [3.05, 3.63) is 23.0 Å². The van der Waals surface area contributed by atoms with Gasteiger partial charge in [0, 0.05) is 18.4 Å². The largest absolute Gasteiger partial charge is 0.504 e. The van der Waals surface area contributed by atoms with Crippen molar-refractivity contribution >= 4 is 5.78 Å². The molecule has 120 valence electrons. The van der Waals surface area contributed by atoms with E-state index in [1.807, 2.05) is 0 Å². The number of carbonyl (C=O) groups excluding carboxylic acids is 1. The molecule has 0 radical (unpaired) electrons. The Morgan fingerprint density at radius 3 is 2.86 bits per heavy atom. The maximum atomic E-state index is 12.3. The van der Waals surface area contributed by atoms with Crippen molar-refractivity contribution in [2.45, 2.75) is 64.7 Å². The maximum absolute atomic E-state index is 12.3. The molecule has 4 rings (SSSR count). The lowest BCUT2D eigenvalue weighted by molar-refractivity contribution is -0.115. The first kappa shape index (κ1) is 14.5. The van der Waals surface area contributed by atoms with E-state index in [0.29, 0.717) is 17.6 Å². The minimum absolute atomic E-state index is 0.292. The first-order valence-electron chi connectivity index (χ1n) is 9.08. The molecule has 2 nitrogen and oxygen atoms in total. The molecule has 0 heterocycles. The predicted molar refractivity (Wildman–Crippen MR) is 87.3 cm³/mol. The number of hydrogen-bond donors (Lipinski definition) is 0. The zero-order valence-electron chi connectivity index (χ0n) is 14.0. The third-order valence-corrected chi connectivity index (χ3v) is 7.27. The van der Waals surface area contributed by atoms with Crippen LogP contribution in [0.25, 0.3) is 0 Å². The van der Waals surface area contributed by atoms with Gasteiger partial charge < -0.3 is 4.74 Å². The fourth-order valence-corrected chi connectivity index (χ4v) is 6.20. The second kappa shape index (κ2) is 5.25. The highest BCUT2D eigenvalue weighted by Gasteiger charge is 2.51. The summed E-state index contributed by atoms with van der Waals surface area (Å²) >= 11 is 0. The number of Topliss-reactive ketones (excluding diaryl/α,β-unsaturated/α-hetero) is 1. The predicted octanol–water partition coefficient (Wildman–Crippen LogP) is 4.80. The van der Waals surface area contributed by atoms with Gasteiger partial charge in [-0.25, -0.2) is 0 Å². The summed E-state index contributed by atoms with van der Waals surface area (Å²) in [6.45, 7) is 2.55. The molecule has 0 unspecified atom stereocenters. The zero-order chi connectivity index (χ0) is 15.3. The van der Waals surface area contributed by atoms with Gasteiger partial charge in [0.15, 0.2) is 5.78 Å². The fourth-order valence-electron chi connectivity index (χ4n) is 6.20. The normalized spacial score (nSPS) is 42.9. The molecule has 4 aliphatic rings. The Morgan fingerprint density at radius 2 is 2.05 bits per heavy atom. The van der Waals surface area contributed by atoms with E-state index in [-0.39, 0.29) is 0 Å². The van der Waals surface area contributed by atoms with E-state index in [0.717, 1.165) is 29.7 Å². The van der Waals surface area contributed by atoms with Crippen LogP contribution < -0.4 is 0 Å². The Kier molecular flexibility index (Phi) is 3.47. The summed E-state index contributed by atoms with van der Waals surface area (Å²) in [5.41, 5.74) is 4.64. The van der Waals surface area contributed by atoms with Crippen molar-refractivity contribution in [2.75, 3.05) is 7.11 Å². The molecular weight excluding hydrogens is 272 g/mol. The van der Waals surface area contributed by atoms with Crippen molar-refractivity contribution in [3.63, 3.8) is 0 Å². The summed E-state index contributed by atoms with van der Waals surface area (Å²) in [6, 6.07) is 0. The van der Waals surface area contributed by atoms with Crippen LogP contribution in [-0.2, 0) is 9.53 Å². The highest BCUT2D eigenvalue weighted by molar-refractivity contribution is 5.98. The molecule has 2 saturated carbocycles. The zero-order valence-corrected chi connectivity index (χ0v) is 14.0. The van der Waals surface area contributed by atoms with E-state index < -0.39 is 0 Å². The van der Waals surface area contributed by atoms with Crippen LogP contribution in [0.15, 0.2) is 23.0 Å². The van der Waals surface area contributed by atoms with Gasteiger partial charge in [-0.1, -0.05) is 24.5 Å². The molecule has 0 saturated heterocycles. The second-order valence-corrected chi connectivity index (χ2v) is 8.28. The van der Waals surface area contributed by atoms with Crippen molar-refractivity contribution in [3.8, 4) is 0 Å². The lowest BCUT2D eigenvalue weighted by atomic mass is 9.54. The third kappa shape index (κ3) is 2.10. The molecule has 0 aromatic carbocycles. The molecule has 2 heteroatoms. The van der Waals surface area contributed by atoms with Gasteiger partial charge in [-0.2, -0.15) is 0 Å². The Bertz CT molecular complexity index is 556. The molecule has 4 atom stereocenters. The van der Waals surface area contributed by atoms with Crippen LogP contribution in [0, 0.1) is 23.2 Å². The van der Waals surface area contributed by atoms with Crippen molar-refractivity contribution in [2.24, 2.45) is 23.2 Å². The second-order valence-electron chi connectivity index (χ2n) is 8.28. The van der Waals surface area contributed by atoms with Gasteiger partial charge in [-0.05, 0) is 61.7 Å². The van der Waals surface area contributed by atoms with Crippen LogP contribution >= 0.6 is 0 Å². The molecule has 0 aromatic rings. The molecule has 0 bridgehead atoms. The Morgan fingerprint density at radius 1 is 1.18 bits per heavy atom. The van der Waals surface area contributed by atoms with E-state index in [9.17, 15) is 4.79 Å². The van der Waals surface area contributed by atoms with Gasteiger partial charge in [-0.3, -0.25) is 4.79 Å². The van der Waals surface area contributed by atoms with Gasteiger partial charge >= 0.3 is 0 Å². The van der Waals surface area contributed by atoms with Crippen LogP contribution in [0.1, 0.15) is 64.7 Å². The molecule has 4 aliphatic carbocycles. The molecule has 0 spiro atoms. The number of carbonyl (C=O) groups is 1. The van der Waals surface area contributed by atoms with Gasteiger partial charge in [0.25, 0.3) is 0 Å². The number of ketones is 1. The summed E-state index contributed by atoms with van der Waals surface area (Å²) < 4.78 is 5.15. The lowest BCUT2D eigenvalue weighted by Gasteiger charge is -2.50. The standard InChI is InChI=1S/C20H28O2/c1-20-8-3-4-18(20)16-6-5-13-11-19(21)14(12-22-2)10-17(13)15(16)7-9-20/h12,15-16,18H,3-11H2,1-2H3/t15-,16+,18-,20-/m0/s1. The lowest BCUT2D eigenvalue weighted by Crippen LogP contribution is -2.41. The van der Waals surface area contributed by atoms with Crippen LogP contribution in [0.2, 0.25) is 0 Å². The molecule has 22 heavy (non-hydrogen) atoms. The summed E-state index contributed by atoms with van der Waals surface area (Å²) in [5, 5.41) is 0. The van der Waals surface area contributed by atoms with Crippen LogP contribution in [0.5, 0.6) is 0 Å². The molecule has 0 aliphatic heterocycles. The average Bonchev–Trinajstić information content (AvgIpc) is 2.90. The van der Waals surface area contributed by atoms with E-state index in [4.69, 9.17) is 4.74 Å². The summed E-state index contributed by atoms with van der Waals surface area (Å²) in [5.74, 6) is 2.87. The molecule has 0 aromatic heterocycles. The van der Waals surface area contributed by atoms with Gasteiger partial charge in [0.05, 0.1) is 13.4 Å². The van der Waals surface area contributed by atoms with E-state index >= 15 is 0 Å². The van der Waals surface area contributed by atoms with Crippen LogP contribution in [-0.4, -0.2) is 12.9 Å². The van der Waals surface area contributed by atoms with Crippen molar-refractivity contribution in [1.82, 2.24) is 0 Å². The Balaban J connectivity index is 1.65. The van der Waals surface area contributed by atoms with Gasteiger partial charge in [-0.15, -0.1) is 0 Å². The summed E-state index contributed by atoms with van der Waals surface area (Å²) in [6.07, 6.45) is 12.8. The fraction of sp³-hybridized carbons (Fsp3) is 0.750. The average molecular weight is 300 g/mol. The monoisotopic (exact) mass is 300 g/mol. The van der Waals surface area contributed by atoms with Crippen molar-refractivity contribution < 1.29 is 9.53 Å². The van der Waals surface area contributed by atoms with Crippen molar-refractivity contribution in [1.29, 1.82) is 0 Å². The number of ether oxygens (including phenoxy) is 1. The highest BCUT2D eigenvalue weighted by atomic mass is 16.5. The highest BCUT2D eigenvalue weighted by Crippen LogP contribution is 2.61. The first-order valence-corrected chi connectivity index (χ1v) is 9.08. The molecule has 0 N–H and O–H groups in total. The van der Waals surface area contributed by atoms with Crippen LogP contribution in [0.4, 0.5) is 0 Å². The summed E-state index contributed by atoms with van der Waals surface area (Å²) in [7, 11) is 1.65. The topological polar surface area (TPSA) is 26.3 Å². The smallest absolute Gasteiger partial charge is 0.166 e. The summed E-state index contributed by atoms with van der Waals surface area (Å²) in [4.78, 5) is 12.3. The van der Waals surface area contributed by atoms with E-state index in [1.165, 1.54) is 50.5 Å². The Hall–Kier alpha value is -1.05. The number of allylic oxidation sites excluding steroid dienone is 3. The quantitative estimate of drug-likeness (QED) is 0.395. The SMILES string of the molecule is COC=C1CC2=C(CC[C@@H]3[C@@H]2CC[C@]2(C)CCC[C@@H]32)CC1=O. The number of methoxy groups -OCH3 is 1. The Labute approximate surface area is 134 Å². The number of rotatable bonds is 1. The minimum Gasteiger partial charge on any atom is -0.504 e. The minimum atomic E-state index is 0.292. The van der Waals surface area contributed by atoms with Crippen LogP contribution in [0.3, 0.4) is 0 Å². The van der Waals surface area contributed by atoms with Gasteiger partial charge in [0.2, 0.25) is 0 Å². The maximum Gasteiger partial charge on any atom is 0.166 e. The number of hydrogen-bond acceptors (Lipinski definition) is 2. The molecule has 0 amide bonds. The van der Waals surface area contributed by atoms with E-state index in [1.54, 1.807) is 18.9 Å². The molecular formula is C20H28O2. The first-order chi connectivity index (χ1) is 10.6. The third-order valence-electron chi connectivity index (χ3n) is 7.27. The van der Waals surface area contributed by atoms with Gasteiger partial charge in [0.1, 0.15) is 0 Å². The number of fused-ring (bicyclic) bond motifs is 4. The van der Waals surface area contributed by atoms with E-state index in [2.05, 4.69) is 6.92 Å². The molecule has 2 fully saturated rings.